The molecule has 34 heavy (non-hydrogen) atoms. The highest BCUT2D eigenvalue weighted by atomic mass is 16.6. The van der Waals surface area contributed by atoms with E-state index in [0.717, 1.165) is 5.56 Å². The monoisotopic (exact) mass is 461 g/mol. The van der Waals surface area contributed by atoms with Crippen molar-refractivity contribution in [3.8, 4) is 5.75 Å². The standard InChI is InChI=1S/C26H27N3O5/c1-18-24(23(34-27-18)17-32-21-10-6-3-7-11-21)25(30)28-14-12-20(13-15-28)29-16-22(33-26(29)31)19-8-4-2-5-9-19/h2-11,20,22H,12-17H2,1H3. The van der Waals surface area contributed by atoms with Crippen LogP contribution in [0.4, 0.5) is 4.79 Å². The number of hydrogen-bond donors (Lipinski definition) is 0. The molecular weight excluding hydrogens is 434 g/mol. The lowest BCUT2D eigenvalue weighted by Gasteiger charge is -2.35. The quantitative estimate of drug-likeness (QED) is 0.542. The van der Waals surface area contributed by atoms with Gasteiger partial charge < -0.3 is 23.8 Å². The largest absolute Gasteiger partial charge is 0.486 e. The molecule has 2 aromatic carbocycles. The first kappa shape index (κ1) is 22.0. The molecule has 5 rings (SSSR count). The first-order chi connectivity index (χ1) is 16.6. The number of carbonyl (C=O) groups excluding carboxylic acids is 2. The number of piperidine rings is 1. The SMILES string of the molecule is Cc1noc(COc2ccccc2)c1C(=O)N1CCC(N2CC(c3ccccc3)OC2=O)CC1. The van der Waals surface area contributed by atoms with Crippen molar-refractivity contribution in [1.29, 1.82) is 0 Å². The average molecular weight is 462 g/mol. The first-order valence-corrected chi connectivity index (χ1v) is 11.5. The third kappa shape index (κ3) is 4.48. The van der Waals surface area contributed by atoms with Crippen molar-refractivity contribution >= 4 is 12.0 Å². The van der Waals surface area contributed by atoms with Crippen molar-refractivity contribution in [2.75, 3.05) is 19.6 Å². The van der Waals surface area contributed by atoms with E-state index in [1.54, 1.807) is 11.8 Å². The van der Waals surface area contributed by atoms with Gasteiger partial charge in [0.1, 0.15) is 24.0 Å². The summed E-state index contributed by atoms with van der Waals surface area (Å²) in [6.45, 7) is 3.52. The number of amides is 2. The summed E-state index contributed by atoms with van der Waals surface area (Å²) >= 11 is 0. The molecule has 0 aliphatic carbocycles. The van der Waals surface area contributed by atoms with E-state index in [9.17, 15) is 9.59 Å². The number of likely N-dealkylation sites (tertiary alicyclic amines) is 1. The van der Waals surface area contributed by atoms with E-state index < -0.39 is 0 Å². The molecule has 0 N–H and O–H groups in total. The van der Waals surface area contributed by atoms with Crippen molar-refractivity contribution in [3.05, 3.63) is 83.2 Å². The van der Waals surface area contributed by atoms with Crippen molar-refractivity contribution in [2.24, 2.45) is 0 Å². The van der Waals surface area contributed by atoms with Gasteiger partial charge in [0.05, 0.1) is 12.2 Å². The highest BCUT2D eigenvalue weighted by Crippen LogP contribution is 2.31. The number of rotatable bonds is 6. The molecule has 0 saturated carbocycles. The number of benzene rings is 2. The number of hydrogen-bond acceptors (Lipinski definition) is 6. The van der Waals surface area contributed by atoms with Crippen LogP contribution in [0, 0.1) is 6.92 Å². The predicted octanol–water partition coefficient (Wildman–Crippen LogP) is 4.36. The van der Waals surface area contributed by atoms with Crippen molar-refractivity contribution < 1.29 is 23.6 Å². The number of cyclic esters (lactones) is 1. The minimum atomic E-state index is -0.283. The van der Waals surface area contributed by atoms with E-state index in [2.05, 4.69) is 5.16 Å². The van der Waals surface area contributed by atoms with Gasteiger partial charge >= 0.3 is 6.09 Å². The summed E-state index contributed by atoms with van der Waals surface area (Å²) < 4.78 is 16.8. The Bertz CT molecular complexity index is 1140. The molecule has 3 heterocycles. The number of para-hydroxylation sites is 1. The van der Waals surface area contributed by atoms with Crippen LogP contribution in [0.15, 0.2) is 65.2 Å². The molecule has 8 heteroatoms. The summed E-state index contributed by atoms with van der Waals surface area (Å²) in [5.41, 5.74) is 2.01. The molecule has 0 spiro atoms. The number of aromatic nitrogens is 1. The van der Waals surface area contributed by atoms with E-state index >= 15 is 0 Å². The van der Waals surface area contributed by atoms with Gasteiger partial charge in [-0.05, 0) is 37.5 Å². The second kappa shape index (κ2) is 9.59. The molecule has 2 amide bonds. The maximum atomic E-state index is 13.3. The fourth-order valence-corrected chi connectivity index (χ4v) is 4.61. The number of ether oxygens (including phenoxy) is 2. The van der Waals surface area contributed by atoms with Gasteiger partial charge in [-0.3, -0.25) is 4.79 Å². The molecule has 1 aromatic heterocycles. The Morgan fingerprint density at radius 1 is 1.06 bits per heavy atom. The summed E-state index contributed by atoms with van der Waals surface area (Å²) in [6.07, 6.45) is 0.861. The van der Waals surface area contributed by atoms with Crippen molar-refractivity contribution in [2.45, 2.75) is 38.5 Å². The Hall–Kier alpha value is -3.81. The summed E-state index contributed by atoms with van der Waals surface area (Å²) in [5.74, 6) is 0.999. The Kier molecular flexibility index (Phi) is 6.20. The zero-order valence-electron chi connectivity index (χ0n) is 19.1. The van der Waals surface area contributed by atoms with E-state index in [1.165, 1.54) is 0 Å². The molecule has 2 fully saturated rings. The Morgan fingerprint density at radius 3 is 2.44 bits per heavy atom. The van der Waals surface area contributed by atoms with Crippen LogP contribution in [0.3, 0.4) is 0 Å². The van der Waals surface area contributed by atoms with Gasteiger partial charge in [0.25, 0.3) is 5.91 Å². The Balaban J connectivity index is 1.20. The van der Waals surface area contributed by atoms with Gasteiger partial charge in [-0.25, -0.2) is 4.79 Å². The van der Waals surface area contributed by atoms with Crippen LogP contribution in [0.5, 0.6) is 5.75 Å². The maximum absolute atomic E-state index is 13.3. The first-order valence-electron chi connectivity index (χ1n) is 11.5. The minimum Gasteiger partial charge on any atom is -0.486 e. The van der Waals surface area contributed by atoms with Crippen LogP contribution in [-0.4, -0.2) is 52.6 Å². The fraction of sp³-hybridized carbons (Fsp3) is 0.346. The number of carbonyl (C=O) groups is 2. The normalized spacial score (nSPS) is 18.7. The van der Waals surface area contributed by atoms with Crippen LogP contribution >= 0.6 is 0 Å². The molecule has 1 atom stereocenters. The molecule has 1 unspecified atom stereocenters. The molecule has 176 valence electrons. The molecule has 2 aliphatic rings. The molecule has 0 radical (unpaired) electrons. The van der Waals surface area contributed by atoms with Gasteiger partial charge in [-0.15, -0.1) is 0 Å². The van der Waals surface area contributed by atoms with Gasteiger partial charge in [-0.1, -0.05) is 53.7 Å². The summed E-state index contributed by atoms with van der Waals surface area (Å²) in [4.78, 5) is 29.4. The smallest absolute Gasteiger partial charge is 0.410 e. The zero-order valence-corrected chi connectivity index (χ0v) is 19.1. The second-order valence-corrected chi connectivity index (χ2v) is 8.63. The summed E-state index contributed by atoms with van der Waals surface area (Å²) in [6, 6.07) is 19.2. The van der Waals surface area contributed by atoms with Gasteiger partial charge in [0.15, 0.2) is 5.76 Å². The average Bonchev–Trinajstić information content (AvgIpc) is 3.46. The van der Waals surface area contributed by atoms with Crippen LogP contribution in [0.2, 0.25) is 0 Å². The lowest BCUT2D eigenvalue weighted by Crippen LogP contribution is -2.47. The molecule has 8 nitrogen and oxygen atoms in total. The summed E-state index contributed by atoms with van der Waals surface area (Å²) in [5, 5.41) is 4.00. The van der Waals surface area contributed by atoms with Crippen LogP contribution in [0.1, 0.15) is 46.3 Å². The molecule has 2 aliphatic heterocycles. The summed E-state index contributed by atoms with van der Waals surface area (Å²) in [7, 11) is 0. The maximum Gasteiger partial charge on any atom is 0.410 e. The number of nitrogens with zero attached hydrogens (tertiary/aromatic N) is 3. The second-order valence-electron chi connectivity index (χ2n) is 8.63. The van der Waals surface area contributed by atoms with Crippen molar-refractivity contribution in [1.82, 2.24) is 15.0 Å². The van der Waals surface area contributed by atoms with Crippen LogP contribution in [-0.2, 0) is 11.3 Å². The molecule has 2 saturated heterocycles. The predicted molar refractivity (Wildman–Crippen MR) is 123 cm³/mol. The van der Waals surface area contributed by atoms with Gasteiger partial charge in [-0.2, -0.15) is 0 Å². The zero-order chi connectivity index (χ0) is 23.5. The van der Waals surface area contributed by atoms with E-state index in [0.29, 0.717) is 55.2 Å². The lowest BCUT2D eigenvalue weighted by molar-refractivity contribution is 0.0653. The van der Waals surface area contributed by atoms with Gasteiger partial charge in [0, 0.05) is 19.1 Å². The highest BCUT2D eigenvalue weighted by molar-refractivity contribution is 5.96. The van der Waals surface area contributed by atoms with Gasteiger partial charge in [0.2, 0.25) is 0 Å². The molecular formula is C26H27N3O5. The van der Waals surface area contributed by atoms with E-state index in [-0.39, 0.29) is 30.8 Å². The third-order valence-corrected chi connectivity index (χ3v) is 6.46. The van der Waals surface area contributed by atoms with Crippen molar-refractivity contribution in [3.63, 3.8) is 0 Å². The fourth-order valence-electron chi connectivity index (χ4n) is 4.61. The third-order valence-electron chi connectivity index (χ3n) is 6.46. The van der Waals surface area contributed by atoms with Crippen LogP contribution < -0.4 is 4.74 Å². The topological polar surface area (TPSA) is 85.1 Å². The Labute approximate surface area is 198 Å². The molecule has 3 aromatic rings. The molecule has 0 bridgehead atoms. The van der Waals surface area contributed by atoms with E-state index in [1.807, 2.05) is 65.6 Å². The van der Waals surface area contributed by atoms with E-state index in [4.69, 9.17) is 14.0 Å². The number of aryl methyl sites for hydroxylation is 1. The lowest BCUT2D eigenvalue weighted by atomic mass is 10.0. The highest BCUT2D eigenvalue weighted by Gasteiger charge is 2.39. The Morgan fingerprint density at radius 2 is 1.74 bits per heavy atom. The van der Waals surface area contributed by atoms with Crippen LogP contribution in [0.25, 0.3) is 0 Å². The minimum absolute atomic E-state index is 0.0507.